The Kier molecular flexibility index (Phi) is 3.69. The van der Waals surface area contributed by atoms with Crippen LogP contribution in [0.25, 0.3) is 0 Å². The number of carbonyl (C=O) groups is 1. The molecule has 0 saturated carbocycles. The summed E-state index contributed by atoms with van der Waals surface area (Å²) >= 11 is 0. The van der Waals surface area contributed by atoms with Crippen molar-refractivity contribution < 1.29 is 18.3 Å². The van der Waals surface area contributed by atoms with Gasteiger partial charge in [0.15, 0.2) is 24.0 Å². The highest BCUT2D eigenvalue weighted by Crippen LogP contribution is 2.23. The maximum absolute atomic E-state index is 13.0. The van der Waals surface area contributed by atoms with Crippen LogP contribution >= 0.6 is 0 Å². The summed E-state index contributed by atoms with van der Waals surface area (Å²) in [7, 11) is 0. The fraction of sp³-hybridized carbons (Fsp3) is 0.235. The maximum Gasteiger partial charge on any atom is 0.200 e. The molecule has 108 valence electrons. The normalized spacial score (nSPS) is 13.0. The van der Waals surface area contributed by atoms with Crippen molar-refractivity contribution >= 4 is 5.78 Å². The van der Waals surface area contributed by atoms with Gasteiger partial charge in [-0.3, -0.25) is 4.79 Å². The third-order valence-electron chi connectivity index (χ3n) is 3.68. The number of benzene rings is 2. The lowest BCUT2D eigenvalue weighted by molar-refractivity contribution is 0.0921. The van der Waals surface area contributed by atoms with Gasteiger partial charge in [-0.15, -0.1) is 0 Å². The zero-order valence-electron chi connectivity index (χ0n) is 11.4. The predicted molar refractivity (Wildman–Crippen MR) is 74.7 cm³/mol. The number of hydrogen-bond acceptors (Lipinski definition) is 2. The summed E-state index contributed by atoms with van der Waals surface area (Å²) in [6.45, 7) is -0.191. The zero-order valence-corrected chi connectivity index (χ0v) is 11.4. The molecule has 0 fully saturated rings. The van der Waals surface area contributed by atoms with Crippen molar-refractivity contribution in [3.8, 4) is 5.75 Å². The van der Waals surface area contributed by atoms with E-state index in [0.717, 1.165) is 31.4 Å². The molecule has 0 atom stereocenters. The van der Waals surface area contributed by atoms with Crippen molar-refractivity contribution in [1.29, 1.82) is 0 Å². The van der Waals surface area contributed by atoms with E-state index in [1.807, 2.05) is 12.1 Å². The van der Waals surface area contributed by atoms with Gasteiger partial charge in [0.2, 0.25) is 0 Å². The second-order valence-electron chi connectivity index (χ2n) is 5.12. The zero-order chi connectivity index (χ0) is 14.8. The van der Waals surface area contributed by atoms with E-state index in [1.54, 1.807) is 6.07 Å². The fourth-order valence-corrected chi connectivity index (χ4v) is 2.54. The number of carbonyl (C=O) groups excluding carboxylic acids is 1. The first-order valence-corrected chi connectivity index (χ1v) is 6.86. The van der Waals surface area contributed by atoms with E-state index in [-0.39, 0.29) is 18.1 Å². The Hall–Kier alpha value is -2.23. The number of ether oxygens (including phenoxy) is 1. The number of rotatable bonds is 4. The monoisotopic (exact) mass is 288 g/mol. The van der Waals surface area contributed by atoms with Crippen LogP contribution in [0, 0.1) is 11.6 Å². The van der Waals surface area contributed by atoms with Crippen molar-refractivity contribution in [1.82, 2.24) is 0 Å². The summed E-state index contributed by atoms with van der Waals surface area (Å²) in [6, 6.07) is 8.89. The van der Waals surface area contributed by atoms with Crippen molar-refractivity contribution in [3.63, 3.8) is 0 Å². The number of fused-ring (bicyclic) bond motifs is 1. The summed E-state index contributed by atoms with van der Waals surface area (Å²) in [6.07, 6.45) is 3.19. The SMILES string of the molecule is O=C(COc1ccc(F)c(F)c1)c1ccc2c(c1)CCC2. The molecule has 0 unspecified atom stereocenters. The summed E-state index contributed by atoms with van der Waals surface area (Å²) in [5, 5.41) is 0. The van der Waals surface area contributed by atoms with Gasteiger partial charge >= 0.3 is 0 Å². The number of Topliss-reactive ketones (excluding diaryl/α,β-unsaturated/α-hetero) is 1. The molecule has 2 aromatic carbocycles. The topological polar surface area (TPSA) is 26.3 Å². The van der Waals surface area contributed by atoms with Crippen LogP contribution in [0.5, 0.6) is 5.75 Å². The number of aryl methyl sites for hydroxylation is 2. The molecule has 21 heavy (non-hydrogen) atoms. The number of ketones is 1. The van der Waals surface area contributed by atoms with Crippen LogP contribution in [0.4, 0.5) is 8.78 Å². The van der Waals surface area contributed by atoms with E-state index in [4.69, 9.17) is 4.74 Å². The Labute approximate surface area is 121 Å². The molecule has 0 amide bonds. The van der Waals surface area contributed by atoms with Crippen LogP contribution in [-0.4, -0.2) is 12.4 Å². The van der Waals surface area contributed by atoms with Crippen LogP contribution in [0.15, 0.2) is 36.4 Å². The average molecular weight is 288 g/mol. The first kappa shape index (κ1) is 13.7. The van der Waals surface area contributed by atoms with Crippen LogP contribution in [0.3, 0.4) is 0 Å². The smallest absolute Gasteiger partial charge is 0.200 e. The molecule has 0 aromatic heterocycles. The van der Waals surface area contributed by atoms with Crippen LogP contribution in [0.1, 0.15) is 27.9 Å². The number of halogens is 2. The van der Waals surface area contributed by atoms with Gasteiger partial charge < -0.3 is 4.74 Å². The lowest BCUT2D eigenvalue weighted by atomic mass is 10.0. The quantitative estimate of drug-likeness (QED) is 0.802. The van der Waals surface area contributed by atoms with E-state index in [0.29, 0.717) is 5.56 Å². The van der Waals surface area contributed by atoms with Crippen molar-refractivity contribution in [2.24, 2.45) is 0 Å². The van der Waals surface area contributed by atoms with Gasteiger partial charge in [-0.05, 0) is 48.6 Å². The molecule has 0 saturated heterocycles. The Balaban J connectivity index is 1.67. The van der Waals surface area contributed by atoms with Crippen LogP contribution in [-0.2, 0) is 12.8 Å². The number of hydrogen-bond donors (Lipinski definition) is 0. The Morgan fingerprint density at radius 3 is 2.62 bits per heavy atom. The highest BCUT2D eigenvalue weighted by Gasteiger charge is 2.14. The molecule has 0 N–H and O–H groups in total. The fourth-order valence-electron chi connectivity index (χ4n) is 2.54. The molecule has 0 heterocycles. The summed E-state index contributed by atoms with van der Waals surface area (Å²) in [5.74, 6) is -1.96. The van der Waals surface area contributed by atoms with Crippen molar-refractivity contribution in [2.75, 3.05) is 6.61 Å². The third kappa shape index (κ3) is 2.94. The standard InChI is InChI=1S/C17H14F2O2/c18-15-7-6-14(9-16(15)19)21-10-17(20)13-5-4-11-2-1-3-12(11)8-13/h4-9H,1-3,10H2. The largest absolute Gasteiger partial charge is 0.485 e. The first-order valence-electron chi connectivity index (χ1n) is 6.86. The molecule has 4 heteroatoms. The van der Waals surface area contributed by atoms with Gasteiger partial charge in [0, 0.05) is 11.6 Å². The van der Waals surface area contributed by atoms with Gasteiger partial charge in [0.05, 0.1) is 0 Å². The molecule has 1 aliphatic rings. The lowest BCUT2D eigenvalue weighted by Gasteiger charge is -2.07. The Morgan fingerprint density at radius 2 is 1.81 bits per heavy atom. The summed E-state index contributed by atoms with van der Waals surface area (Å²) < 4.78 is 31.1. The van der Waals surface area contributed by atoms with E-state index >= 15 is 0 Å². The second-order valence-corrected chi connectivity index (χ2v) is 5.12. The van der Waals surface area contributed by atoms with Gasteiger partial charge in [-0.1, -0.05) is 12.1 Å². The molecule has 0 bridgehead atoms. The molecule has 3 rings (SSSR count). The minimum absolute atomic E-state index is 0.142. The molecular weight excluding hydrogens is 274 g/mol. The molecule has 2 aromatic rings. The van der Waals surface area contributed by atoms with Crippen molar-refractivity contribution in [3.05, 3.63) is 64.7 Å². The molecule has 0 aliphatic heterocycles. The van der Waals surface area contributed by atoms with Gasteiger partial charge in [-0.25, -0.2) is 8.78 Å². The Bertz CT molecular complexity index is 695. The highest BCUT2D eigenvalue weighted by atomic mass is 19.2. The highest BCUT2D eigenvalue weighted by molar-refractivity contribution is 5.97. The van der Waals surface area contributed by atoms with E-state index in [2.05, 4.69) is 0 Å². The summed E-state index contributed by atoms with van der Waals surface area (Å²) in [4.78, 5) is 12.1. The van der Waals surface area contributed by atoms with Crippen LogP contribution < -0.4 is 4.74 Å². The molecule has 1 aliphatic carbocycles. The van der Waals surface area contributed by atoms with E-state index in [1.165, 1.54) is 17.2 Å². The maximum atomic E-state index is 13.0. The average Bonchev–Trinajstić information content (AvgIpc) is 2.95. The van der Waals surface area contributed by atoms with Gasteiger partial charge in [0.25, 0.3) is 0 Å². The van der Waals surface area contributed by atoms with E-state index < -0.39 is 11.6 Å². The molecule has 2 nitrogen and oxygen atoms in total. The van der Waals surface area contributed by atoms with Gasteiger partial charge in [0.1, 0.15) is 5.75 Å². The minimum atomic E-state index is -0.988. The first-order chi connectivity index (χ1) is 10.1. The van der Waals surface area contributed by atoms with Crippen molar-refractivity contribution in [2.45, 2.75) is 19.3 Å². The lowest BCUT2D eigenvalue weighted by Crippen LogP contribution is -2.12. The minimum Gasteiger partial charge on any atom is -0.485 e. The third-order valence-corrected chi connectivity index (χ3v) is 3.68. The predicted octanol–water partition coefficient (Wildman–Crippen LogP) is 3.72. The summed E-state index contributed by atoms with van der Waals surface area (Å²) in [5.41, 5.74) is 3.11. The molecular formula is C17H14F2O2. The van der Waals surface area contributed by atoms with E-state index in [9.17, 15) is 13.6 Å². The van der Waals surface area contributed by atoms with Gasteiger partial charge in [-0.2, -0.15) is 0 Å². The molecule has 0 spiro atoms. The van der Waals surface area contributed by atoms with Crippen LogP contribution in [0.2, 0.25) is 0 Å². The Morgan fingerprint density at radius 1 is 1.00 bits per heavy atom. The molecule has 0 radical (unpaired) electrons. The second kappa shape index (κ2) is 5.64.